The van der Waals surface area contributed by atoms with Gasteiger partial charge in [-0.15, -0.1) is 0 Å². The van der Waals surface area contributed by atoms with Crippen LogP contribution in [-0.4, -0.2) is 23.2 Å². The third-order valence-corrected chi connectivity index (χ3v) is 8.69. The molecule has 0 spiro atoms. The fraction of sp³-hybridized carbons (Fsp3) is 0.216. The maximum absolute atomic E-state index is 8.11. The second-order valence-corrected chi connectivity index (χ2v) is 11.8. The van der Waals surface area contributed by atoms with Crippen molar-refractivity contribution in [3.8, 4) is 5.82 Å². The first-order valence-electron chi connectivity index (χ1n) is 15.8. The Hall–Kier alpha value is -4.57. The van der Waals surface area contributed by atoms with Crippen LogP contribution in [0.1, 0.15) is 54.4 Å². The van der Waals surface area contributed by atoms with Crippen molar-refractivity contribution in [3.05, 3.63) is 126 Å². The first kappa shape index (κ1) is 22.2. The van der Waals surface area contributed by atoms with Crippen molar-refractivity contribution < 1.29 is 4.11 Å². The van der Waals surface area contributed by atoms with Crippen molar-refractivity contribution in [2.24, 2.45) is 0 Å². The summed E-state index contributed by atoms with van der Waals surface area (Å²) in [6.45, 7) is 6.98. The van der Waals surface area contributed by atoms with E-state index in [0.29, 0.717) is 5.92 Å². The Kier molecular flexibility index (Phi) is 5.14. The van der Waals surface area contributed by atoms with E-state index in [-0.39, 0.29) is 12.1 Å². The molecule has 7 rings (SSSR count). The van der Waals surface area contributed by atoms with E-state index in [2.05, 4.69) is 116 Å². The minimum Gasteiger partial charge on any atom is -0.355 e. The van der Waals surface area contributed by atoms with Crippen LogP contribution in [0.5, 0.6) is 0 Å². The normalized spacial score (nSPS) is 14.9. The van der Waals surface area contributed by atoms with Gasteiger partial charge in [0.2, 0.25) is 0 Å². The molecule has 0 bridgehead atoms. The van der Waals surface area contributed by atoms with E-state index < -0.39 is 6.98 Å². The Balaban J connectivity index is 1.34. The summed E-state index contributed by atoms with van der Waals surface area (Å²) in [5, 5.41) is 2.40. The summed E-state index contributed by atoms with van der Waals surface area (Å²) in [6.07, 6.45) is 1.91. The van der Waals surface area contributed by atoms with E-state index in [1.54, 1.807) is 0 Å². The minimum atomic E-state index is -2.22. The molecule has 0 radical (unpaired) electrons. The number of aromatic nitrogens is 2. The molecule has 3 heterocycles. The molecule has 1 aliphatic heterocycles. The molecule has 204 valence electrons. The number of benzene rings is 4. The van der Waals surface area contributed by atoms with E-state index >= 15 is 0 Å². The third-order valence-electron chi connectivity index (χ3n) is 8.69. The molecule has 0 aliphatic carbocycles. The SMILES string of the molecule is [2H]C([2H])([2H])N1CN(c2cccc(C(C)(C)c3ccc4c5ccccc5n(-c5cc(C(C)C)ccn5)c4c3)c2)c2ccccc21. The van der Waals surface area contributed by atoms with Gasteiger partial charge >= 0.3 is 0 Å². The zero-order valence-electron chi connectivity index (χ0n) is 27.0. The van der Waals surface area contributed by atoms with Crippen molar-refractivity contribution in [3.63, 3.8) is 0 Å². The summed E-state index contributed by atoms with van der Waals surface area (Å²) in [6, 6.07) is 35.9. The summed E-state index contributed by atoms with van der Waals surface area (Å²) >= 11 is 0. The molecule has 4 nitrogen and oxygen atoms in total. The predicted octanol–water partition coefficient (Wildman–Crippen LogP) is 9.17. The molecular formula is C37H36N4. The lowest BCUT2D eigenvalue weighted by Gasteiger charge is -2.28. The lowest BCUT2D eigenvalue weighted by molar-refractivity contribution is 0.641. The molecule has 2 aromatic heterocycles. The highest BCUT2D eigenvalue weighted by Crippen LogP contribution is 2.42. The standard InChI is InChI=1S/C37H36N4/c1-25(2)26-19-20-38-36(21-26)41-32-14-7-6-13-30(32)31-18-17-28(23-35(31)41)37(3,4)27-11-10-12-29(22-27)40-24-39(5)33-15-8-9-16-34(33)40/h6-23,25H,24H2,1-5H3/i5D3. The van der Waals surface area contributed by atoms with Gasteiger partial charge in [0.25, 0.3) is 0 Å². The minimum absolute atomic E-state index is 0.272. The largest absolute Gasteiger partial charge is 0.355 e. The van der Waals surface area contributed by atoms with Gasteiger partial charge in [-0.05, 0) is 71.1 Å². The quantitative estimate of drug-likeness (QED) is 0.218. The number of nitrogens with zero attached hydrogens (tertiary/aromatic N) is 4. The molecule has 4 heteroatoms. The number of rotatable bonds is 5. The van der Waals surface area contributed by atoms with Crippen molar-refractivity contribution in [1.82, 2.24) is 9.55 Å². The van der Waals surface area contributed by atoms with Crippen LogP contribution in [0, 0.1) is 0 Å². The average molecular weight is 540 g/mol. The molecule has 6 aromatic rings. The maximum atomic E-state index is 8.11. The second kappa shape index (κ2) is 9.52. The highest BCUT2D eigenvalue weighted by Gasteiger charge is 2.28. The zero-order valence-corrected chi connectivity index (χ0v) is 24.0. The van der Waals surface area contributed by atoms with Crippen molar-refractivity contribution in [2.45, 2.75) is 39.0 Å². The Morgan fingerprint density at radius 3 is 2.34 bits per heavy atom. The molecular weight excluding hydrogens is 500 g/mol. The number of fused-ring (bicyclic) bond motifs is 4. The second-order valence-electron chi connectivity index (χ2n) is 11.8. The molecule has 0 fully saturated rings. The van der Waals surface area contributed by atoms with Gasteiger partial charge in [-0.25, -0.2) is 4.98 Å². The number of pyridine rings is 1. The molecule has 4 aromatic carbocycles. The lowest BCUT2D eigenvalue weighted by Crippen LogP contribution is -2.25. The van der Waals surface area contributed by atoms with Gasteiger partial charge in [-0.3, -0.25) is 4.57 Å². The van der Waals surface area contributed by atoms with Crippen LogP contribution in [0.4, 0.5) is 17.1 Å². The number of hydrogen-bond acceptors (Lipinski definition) is 3. The van der Waals surface area contributed by atoms with Gasteiger partial charge in [0, 0.05) is 39.2 Å². The van der Waals surface area contributed by atoms with Gasteiger partial charge in [0.05, 0.1) is 29.1 Å². The van der Waals surface area contributed by atoms with Crippen LogP contribution in [0.3, 0.4) is 0 Å². The lowest BCUT2D eigenvalue weighted by atomic mass is 9.77. The summed E-state index contributed by atoms with van der Waals surface area (Å²) in [4.78, 5) is 8.41. The van der Waals surface area contributed by atoms with Gasteiger partial charge in [0.1, 0.15) is 5.82 Å². The molecule has 1 aliphatic rings. The number of anilines is 3. The van der Waals surface area contributed by atoms with Crippen LogP contribution in [0.15, 0.2) is 109 Å². The molecule has 0 saturated carbocycles. The highest BCUT2D eigenvalue weighted by atomic mass is 15.4. The van der Waals surface area contributed by atoms with Crippen molar-refractivity contribution in [1.29, 1.82) is 0 Å². The highest BCUT2D eigenvalue weighted by molar-refractivity contribution is 6.09. The van der Waals surface area contributed by atoms with Gasteiger partial charge < -0.3 is 9.80 Å². The Morgan fingerprint density at radius 1 is 0.756 bits per heavy atom. The predicted molar refractivity (Wildman–Crippen MR) is 173 cm³/mol. The fourth-order valence-electron chi connectivity index (χ4n) is 6.19. The Morgan fingerprint density at radius 2 is 1.51 bits per heavy atom. The van der Waals surface area contributed by atoms with Crippen molar-refractivity contribution >= 4 is 38.9 Å². The molecule has 0 amide bonds. The van der Waals surface area contributed by atoms with E-state index in [9.17, 15) is 0 Å². The smallest absolute Gasteiger partial charge is 0.137 e. The molecule has 0 saturated heterocycles. The zero-order chi connectivity index (χ0) is 30.8. The van der Waals surface area contributed by atoms with E-state index in [4.69, 9.17) is 9.10 Å². The molecule has 41 heavy (non-hydrogen) atoms. The first-order valence-corrected chi connectivity index (χ1v) is 14.3. The summed E-state index contributed by atoms with van der Waals surface area (Å²) < 4.78 is 26.6. The van der Waals surface area contributed by atoms with E-state index in [1.165, 1.54) is 26.8 Å². The average Bonchev–Trinajstić information content (AvgIpc) is 3.58. The summed E-state index contributed by atoms with van der Waals surface area (Å²) in [7, 11) is 0. The number of hydrogen-bond donors (Lipinski definition) is 0. The van der Waals surface area contributed by atoms with E-state index in [0.717, 1.165) is 39.5 Å². The van der Waals surface area contributed by atoms with Crippen LogP contribution in [0.2, 0.25) is 0 Å². The Bertz CT molecular complexity index is 2020. The number of para-hydroxylation sites is 3. The van der Waals surface area contributed by atoms with Crippen LogP contribution < -0.4 is 9.80 Å². The Labute approximate surface area is 246 Å². The topological polar surface area (TPSA) is 24.3 Å². The van der Waals surface area contributed by atoms with E-state index in [1.807, 2.05) is 30.5 Å². The van der Waals surface area contributed by atoms with Gasteiger partial charge in [0.15, 0.2) is 0 Å². The van der Waals surface area contributed by atoms with Crippen LogP contribution in [0.25, 0.3) is 27.6 Å². The first-order chi connectivity index (χ1) is 21.0. The van der Waals surface area contributed by atoms with Gasteiger partial charge in [-0.1, -0.05) is 82.3 Å². The monoisotopic (exact) mass is 539 g/mol. The van der Waals surface area contributed by atoms with Crippen LogP contribution in [-0.2, 0) is 5.41 Å². The molecule has 0 atom stereocenters. The molecule has 0 unspecified atom stereocenters. The summed E-state index contributed by atoms with van der Waals surface area (Å²) in [5.74, 6) is 1.33. The maximum Gasteiger partial charge on any atom is 0.137 e. The fourth-order valence-corrected chi connectivity index (χ4v) is 6.19. The third kappa shape index (κ3) is 4.09. The molecule has 0 N–H and O–H groups in total. The van der Waals surface area contributed by atoms with Crippen molar-refractivity contribution in [2.75, 3.05) is 23.4 Å². The van der Waals surface area contributed by atoms with Crippen LogP contribution >= 0.6 is 0 Å². The summed E-state index contributed by atoms with van der Waals surface area (Å²) in [5.41, 5.74) is 8.14. The van der Waals surface area contributed by atoms with Gasteiger partial charge in [-0.2, -0.15) is 0 Å².